The number of hydrogen-bond acceptors (Lipinski definition) is 5. The number of rotatable bonds is 10. The smallest absolute Gasteiger partial charge is 0.408 e. The molecule has 0 saturated heterocycles. The number of benzene rings is 1. The van der Waals surface area contributed by atoms with Crippen LogP contribution in [0.15, 0.2) is 36.5 Å². The van der Waals surface area contributed by atoms with Gasteiger partial charge in [0.1, 0.15) is 22.4 Å². The van der Waals surface area contributed by atoms with Crippen LogP contribution in [0.25, 0.3) is 22.2 Å². The molecule has 8 heteroatoms. The number of aromatic amines is 1. The second-order valence-corrected chi connectivity index (χ2v) is 9.80. The summed E-state index contributed by atoms with van der Waals surface area (Å²) in [5.41, 5.74) is 2.04. The Kier molecular flexibility index (Phi) is 8.67. The highest BCUT2D eigenvalue weighted by molar-refractivity contribution is 6.29. The van der Waals surface area contributed by atoms with E-state index in [1.807, 2.05) is 52.0 Å². The van der Waals surface area contributed by atoms with Gasteiger partial charge >= 0.3 is 6.09 Å². The minimum absolute atomic E-state index is 0.284. The Morgan fingerprint density at radius 2 is 1.94 bits per heavy atom. The molecule has 0 radical (unpaired) electrons. The van der Waals surface area contributed by atoms with Crippen LogP contribution in [0.5, 0.6) is 0 Å². The van der Waals surface area contributed by atoms with Crippen molar-refractivity contribution in [3.63, 3.8) is 0 Å². The minimum Gasteiger partial charge on any atom is -0.444 e. The highest BCUT2D eigenvalue weighted by Gasteiger charge is 2.22. The Hall–Kier alpha value is -2.93. The summed E-state index contributed by atoms with van der Waals surface area (Å²) in [7, 11) is 0. The van der Waals surface area contributed by atoms with Crippen LogP contribution in [0.2, 0.25) is 5.15 Å². The Bertz CT molecular complexity index is 1140. The number of carbonyl (C=O) groups is 2. The third-order valence-corrected chi connectivity index (χ3v) is 5.64. The Morgan fingerprint density at radius 3 is 2.68 bits per heavy atom. The van der Waals surface area contributed by atoms with E-state index in [0.29, 0.717) is 30.2 Å². The second kappa shape index (κ2) is 11.5. The predicted octanol–water partition coefficient (Wildman–Crippen LogP) is 6.77. The van der Waals surface area contributed by atoms with Crippen LogP contribution in [0.1, 0.15) is 78.1 Å². The molecule has 3 rings (SSSR count). The van der Waals surface area contributed by atoms with Crippen LogP contribution < -0.4 is 5.32 Å². The summed E-state index contributed by atoms with van der Waals surface area (Å²) >= 11 is 5.99. The summed E-state index contributed by atoms with van der Waals surface area (Å²) in [5.74, 6) is 0.951. The lowest BCUT2D eigenvalue weighted by Gasteiger charge is -2.23. The van der Waals surface area contributed by atoms with E-state index >= 15 is 0 Å². The van der Waals surface area contributed by atoms with E-state index in [4.69, 9.17) is 16.3 Å². The predicted molar refractivity (Wildman–Crippen MR) is 135 cm³/mol. The molecule has 0 spiro atoms. The number of ether oxygens (including phenoxy) is 1. The molecule has 2 heterocycles. The van der Waals surface area contributed by atoms with E-state index in [2.05, 4.69) is 20.3 Å². The lowest BCUT2D eigenvalue weighted by molar-refractivity contribution is -0.118. The van der Waals surface area contributed by atoms with Crippen molar-refractivity contribution >= 4 is 34.4 Å². The number of fused-ring (bicyclic) bond motifs is 1. The van der Waals surface area contributed by atoms with Crippen molar-refractivity contribution in [1.82, 2.24) is 20.3 Å². The van der Waals surface area contributed by atoms with Crippen molar-refractivity contribution in [3.05, 3.63) is 47.5 Å². The summed E-state index contributed by atoms with van der Waals surface area (Å²) in [6, 6.07) is 9.28. The fraction of sp³-hybridized carbons (Fsp3) is 0.462. The number of nitrogens with zero attached hydrogens (tertiary/aromatic N) is 2. The SMILES string of the molecule is CCC(=O)CCCCC[C@H](NC(=O)OC(C)(C)C)c1ncc(-c2ccc3nc(Cl)ccc3c2)[nH]1. The summed E-state index contributed by atoms with van der Waals surface area (Å²) < 4.78 is 5.46. The number of unbranched alkanes of at least 4 members (excludes halogenated alkanes) is 2. The number of Topliss-reactive ketones (excluding diaryl/α,β-unsaturated/α-hetero) is 1. The highest BCUT2D eigenvalue weighted by Crippen LogP contribution is 2.26. The Balaban J connectivity index is 1.73. The molecule has 1 atom stereocenters. The average Bonchev–Trinajstić information content (AvgIpc) is 3.26. The van der Waals surface area contributed by atoms with Gasteiger partial charge in [-0.05, 0) is 57.9 Å². The van der Waals surface area contributed by atoms with Crippen molar-refractivity contribution in [2.24, 2.45) is 0 Å². The van der Waals surface area contributed by atoms with Crippen LogP contribution in [0.4, 0.5) is 4.79 Å². The molecule has 1 aromatic carbocycles. The van der Waals surface area contributed by atoms with Crippen molar-refractivity contribution in [1.29, 1.82) is 0 Å². The van der Waals surface area contributed by atoms with Crippen LogP contribution >= 0.6 is 11.6 Å². The van der Waals surface area contributed by atoms with Crippen LogP contribution in [-0.4, -0.2) is 32.4 Å². The number of halogens is 1. The maximum absolute atomic E-state index is 12.5. The number of aromatic nitrogens is 3. The van der Waals surface area contributed by atoms with E-state index < -0.39 is 11.7 Å². The highest BCUT2D eigenvalue weighted by atomic mass is 35.5. The molecule has 182 valence electrons. The third-order valence-electron chi connectivity index (χ3n) is 5.43. The number of alkyl carbamates (subject to hydrolysis) is 1. The van der Waals surface area contributed by atoms with Gasteiger partial charge in [0.25, 0.3) is 0 Å². The molecule has 34 heavy (non-hydrogen) atoms. The molecule has 0 aliphatic carbocycles. The monoisotopic (exact) mass is 484 g/mol. The second-order valence-electron chi connectivity index (χ2n) is 9.41. The van der Waals surface area contributed by atoms with E-state index in [9.17, 15) is 9.59 Å². The van der Waals surface area contributed by atoms with Gasteiger partial charge in [0.2, 0.25) is 0 Å². The molecule has 0 aliphatic rings. The molecule has 0 saturated carbocycles. The lowest BCUT2D eigenvalue weighted by Crippen LogP contribution is -2.35. The third kappa shape index (κ3) is 7.55. The van der Waals surface area contributed by atoms with Crippen molar-refractivity contribution < 1.29 is 14.3 Å². The van der Waals surface area contributed by atoms with Gasteiger partial charge in [-0.25, -0.2) is 14.8 Å². The quantitative estimate of drug-likeness (QED) is 0.244. The van der Waals surface area contributed by atoms with E-state index in [-0.39, 0.29) is 11.8 Å². The number of pyridine rings is 1. The molecule has 0 bridgehead atoms. The number of hydrogen-bond donors (Lipinski definition) is 2. The largest absolute Gasteiger partial charge is 0.444 e. The summed E-state index contributed by atoms with van der Waals surface area (Å²) in [6.07, 6.45) is 5.77. The first kappa shape index (κ1) is 25.7. The van der Waals surface area contributed by atoms with Gasteiger partial charge in [-0.1, -0.05) is 37.4 Å². The fourth-order valence-electron chi connectivity index (χ4n) is 3.68. The zero-order chi connectivity index (χ0) is 24.7. The van der Waals surface area contributed by atoms with Gasteiger partial charge in [0.05, 0.1) is 23.4 Å². The fourth-order valence-corrected chi connectivity index (χ4v) is 3.83. The van der Waals surface area contributed by atoms with E-state index in [1.54, 1.807) is 12.3 Å². The van der Waals surface area contributed by atoms with Gasteiger partial charge in [0.15, 0.2) is 0 Å². The number of H-pyrrole nitrogens is 1. The van der Waals surface area contributed by atoms with Crippen molar-refractivity contribution in [2.75, 3.05) is 0 Å². The molecule has 1 amide bonds. The van der Waals surface area contributed by atoms with Gasteiger partial charge in [-0.15, -0.1) is 0 Å². The average molecular weight is 485 g/mol. The first-order valence-electron chi connectivity index (χ1n) is 11.8. The van der Waals surface area contributed by atoms with Gasteiger partial charge < -0.3 is 15.0 Å². The zero-order valence-electron chi connectivity index (χ0n) is 20.3. The summed E-state index contributed by atoms with van der Waals surface area (Å²) in [6.45, 7) is 7.38. The number of imidazole rings is 1. The van der Waals surface area contributed by atoms with Gasteiger partial charge in [0, 0.05) is 23.8 Å². The number of amides is 1. The Labute approximate surface area is 205 Å². The van der Waals surface area contributed by atoms with Crippen molar-refractivity contribution in [2.45, 2.75) is 77.9 Å². The van der Waals surface area contributed by atoms with Crippen LogP contribution in [0, 0.1) is 0 Å². The maximum Gasteiger partial charge on any atom is 0.408 e. The first-order chi connectivity index (χ1) is 16.1. The van der Waals surface area contributed by atoms with E-state index in [1.165, 1.54) is 0 Å². The molecule has 0 aliphatic heterocycles. The standard InChI is InChI=1S/C26H33ClN4O3/c1-5-19(32)9-7-6-8-10-21(31-25(33)34-26(2,3)4)24-28-16-22(30-24)18-11-13-20-17(15-18)12-14-23(27)29-20/h11-16,21H,5-10H2,1-4H3,(H,28,30)(H,31,33)/t21-/m0/s1. The maximum atomic E-state index is 12.5. The summed E-state index contributed by atoms with van der Waals surface area (Å²) in [4.78, 5) is 36.3. The van der Waals surface area contributed by atoms with Gasteiger partial charge in [-0.2, -0.15) is 0 Å². The van der Waals surface area contributed by atoms with Crippen LogP contribution in [-0.2, 0) is 9.53 Å². The molecule has 2 aromatic heterocycles. The van der Waals surface area contributed by atoms with Gasteiger partial charge in [-0.3, -0.25) is 4.79 Å². The molecular weight excluding hydrogens is 452 g/mol. The van der Waals surface area contributed by atoms with Crippen molar-refractivity contribution in [3.8, 4) is 11.3 Å². The summed E-state index contributed by atoms with van der Waals surface area (Å²) in [5, 5.41) is 4.39. The molecule has 7 nitrogen and oxygen atoms in total. The Morgan fingerprint density at radius 1 is 1.15 bits per heavy atom. The number of carbonyl (C=O) groups excluding carboxylic acids is 2. The first-order valence-corrected chi connectivity index (χ1v) is 12.1. The van der Waals surface area contributed by atoms with E-state index in [0.717, 1.165) is 41.4 Å². The molecule has 3 aromatic rings. The molecule has 0 unspecified atom stereocenters. The molecule has 0 fully saturated rings. The lowest BCUT2D eigenvalue weighted by atomic mass is 10.0. The minimum atomic E-state index is -0.592. The molecule has 2 N–H and O–H groups in total. The normalized spacial score (nSPS) is 12.5. The number of nitrogens with one attached hydrogen (secondary N) is 2. The van der Waals surface area contributed by atoms with Crippen LogP contribution in [0.3, 0.4) is 0 Å². The number of ketones is 1. The topological polar surface area (TPSA) is 97.0 Å². The zero-order valence-corrected chi connectivity index (χ0v) is 21.0. The molecular formula is C26H33ClN4O3.